The molecule has 2 aromatic rings. The Balaban J connectivity index is 2.21. The number of aryl methyl sites for hydroxylation is 1. The highest BCUT2D eigenvalue weighted by Crippen LogP contribution is 2.28. The Morgan fingerprint density at radius 1 is 1.33 bits per heavy atom. The molecule has 0 aliphatic heterocycles. The van der Waals surface area contributed by atoms with Gasteiger partial charge in [-0.15, -0.1) is 11.3 Å². The summed E-state index contributed by atoms with van der Waals surface area (Å²) in [6, 6.07) is 8.64. The number of ether oxygens (including phenoxy) is 1. The fourth-order valence-electron chi connectivity index (χ4n) is 1.67. The van der Waals surface area contributed by atoms with Crippen molar-refractivity contribution in [2.24, 2.45) is 5.73 Å². The third kappa shape index (κ3) is 2.89. The van der Waals surface area contributed by atoms with Gasteiger partial charge in [0.05, 0.1) is 0 Å². The average molecular weight is 265 g/mol. The molecule has 0 radical (unpaired) electrons. The molecule has 0 saturated carbocycles. The predicted octanol–water partition coefficient (Wildman–Crippen LogP) is 3.66. The van der Waals surface area contributed by atoms with Crippen molar-refractivity contribution in [3.8, 4) is 5.75 Å². The molecule has 4 heteroatoms. The zero-order valence-corrected chi connectivity index (χ0v) is 11.2. The Bertz CT molecular complexity index is 511. The molecule has 2 unspecified atom stereocenters. The lowest BCUT2D eigenvalue weighted by atomic mass is 10.1. The molecule has 0 fully saturated rings. The molecule has 2 N–H and O–H groups in total. The molecule has 0 spiro atoms. The Morgan fingerprint density at radius 2 is 2.11 bits per heavy atom. The van der Waals surface area contributed by atoms with Gasteiger partial charge in [-0.25, -0.2) is 4.39 Å². The molecule has 0 aliphatic rings. The predicted molar refractivity (Wildman–Crippen MR) is 72.5 cm³/mol. The van der Waals surface area contributed by atoms with Crippen LogP contribution in [0.5, 0.6) is 5.75 Å². The van der Waals surface area contributed by atoms with Gasteiger partial charge in [-0.1, -0.05) is 12.1 Å². The van der Waals surface area contributed by atoms with Crippen LogP contribution in [0.4, 0.5) is 4.39 Å². The van der Waals surface area contributed by atoms with E-state index in [4.69, 9.17) is 10.5 Å². The number of nitrogens with two attached hydrogens (primary N) is 1. The number of hydrogen-bond acceptors (Lipinski definition) is 3. The summed E-state index contributed by atoms with van der Waals surface area (Å²) in [5.41, 5.74) is 6.54. The van der Waals surface area contributed by atoms with Crippen molar-refractivity contribution >= 4 is 11.3 Å². The Hall–Kier alpha value is -1.39. The van der Waals surface area contributed by atoms with E-state index in [1.54, 1.807) is 30.4 Å². The van der Waals surface area contributed by atoms with Crippen LogP contribution >= 0.6 is 11.3 Å². The monoisotopic (exact) mass is 265 g/mol. The summed E-state index contributed by atoms with van der Waals surface area (Å²) in [7, 11) is 0. The number of rotatable bonds is 4. The van der Waals surface area contributed by atoms with Gasteiger partial charge >= 0.3 is 0 Å². The molecule has 2 atom stereocenters. The molecule has 0 amide bonds. The first-order chi connectivity index (χ1) is 8.58. The lowest BCUT2D eigenvalue weighted by Crippen LogP contribution is -2.28. The smallest absolute Gasteiger partial charge is 0.148 e. The van der Waals surface area contributed by atoms with Crippen molar-refractivity contribution in [2.45, 2.75) is 26.0 Å². The standard InChI is InChI=1S/C14H16FNOS/c1-9-5-6-11(8-12(9)15)17-14(10(2)16)13-4-3-7-18-13/h3-8,10,14H,16H2,1-2H3. The van der Waals surface area contributed by atoms with Crippen LogP contribution in [-0.4, -0.2) is 6.04 Å². The summed E-state index contributed by atoms with van der Waals surface area (Å²) in [6.07, 6.45) is -0.243. The Morgan fingerprint density at radius 3 is 2.67 bits per heavy atom. The van der Waals surface area contributed by atoms with E-state index in [2.05, 4.69) is 0 Å². The maximum atomic E-state index is 13.5. The van der Waals surface area contributed by atoms with Crippen LogP contribution in [0.1, 0.15) is 23.5 Å². The maximum Gasteiger partial charge on any atom is 0.148 e. The van der Waals surface area contributed by atoms with Crippen LogP contribution in [0.3, 0.4) is 0 Å². The van der Waals surface area contributed by atoms with Gasteiger partial charge < -0.3 is 10.5 Å². The van der Waals surface area contributed by atoms with Crippen LogP contribution in [-0.2, 0) is 0 Å². The van der Waals surface area contributed by atoms with Crippen molar-refractivity contribution < 1.29 is 9.13 Å². The molecule has 2 nitrogen and oxygen atoms in total. The van der Waals surface area contributed by atoms with E-state index in [9.17, 15) is 4.39 Å². The largest absolute Gasteiger partial charge is 0.483 e. The van der Waals surface area contributed by atoms with E-state index in [0.717, 1.165) is 4.88 Å². The summed E-state index contributed by atoms with van der Waals surface area (Å²) in [5, 5.41) is 1.98. The van der Waals surface area contributed by atoms with Crippen LogP contribution < -0.4 is 10.5 Å². The summed E-state index contributed by atoms with van der Waals surface area (Å²) < 4.78 is 19.3. The van der Waals surface area contributed by atoms with Gasteiger partial charge in [-0.3, -0.25) is 0 Å². The SMILES string of the molecule is Cc1ccc(OC(c2cccs2)C(C)N)cc1F. The maximum absolute atomic E-state index is 13.5. The van der Waals surface area contributed by atoms with Gasteiger partial charge in [-0.05, 0) is 36.9 Å². The van der Waals surface area contributed by atoms with Gasteiger partial charge in [0.15, 0.2) is 0 Å². The number of halogens is 1. The molecule has 0 aliphatic carbocycles. The first-order valence-electron chi connectivity index (χ1n) is 5.79. The van der Waals surface area contributed by atoms with E-state index >= 15 is 0 Å². The number of thiophene rings is 1. The highest BCUT2D eigenvalue weighted by atomic mass is 32.1. The topological polar surface area (TPSA) is 35.2 Å². The van der Waals surface area contributed by atoms with E-state index in [1.807, 2.05) is 24.4 Å². The summed E-state index contributed by atoms with van der Waals surface area (Å²) in [6.45, 7) is 3.61. The van der Waals surface area contributed by atoms with Crippen molar-refractivity contribution in [3.05, 3.63) is 52.0 Å². The minimum absolute atomic E-state index is 0.159. The van der Waals surface area contributed by atoms with Gasteiger partial charge in [0.2, 0.25) is 0 Å². The average Bonchev–Trinajstić information content (AvgIpc) is 2.83. The molecule has 96 valence electrons. The van der Waals surface area contributed by atoms with Crippen molar-refractivity contribution in [1.29, 1.82) is 0 Å². The molecular weight excluding hydrogens is 249 g/mol. The summed E-state index contributed by atoms with van der Waals surface area (Å²) >= 11 is 1.59. The van der Waals surface area contributed by atoms with Crippen molar-refractivity contribution in [2.75, 3.05) is 0 Å². The second-order valence-electron chi connectivity index (χ2n) is 4.32. The number of hydrogen-bond donors (Lipinski definition) is 1. The zero-order valence-electron chi connectivity index (χ0n) is 10.4. The van der Waals surface area contributed by atoms with Crippen LogP contribution in [0.2, 0.25) is 0 Å². The number of benzene rings is 1. The highest BCUT2D eigenvalue weighted by Gasteiger charge is 2.19. The van der Waals surface area contributed by atoms with Crippen LogP contribution in [0, 0.1) is 12.7 Å². The minimum Gasteiger partial charge on any atom is -0.483 e. The lowest BCUT2D eigenvalue weighted by Gasteiger charge is -2.21. The van der Waals surface area contributed by atoms with Crippen LogP contribution in [0.25, 0.3) is 0 Å². The fourth-order valence-corrected chi connectivity index (χ4v) is 2.54. The molecular formula is C14H16FNOS. The van der Waals surface area contributed by atoms with E-state index in [1.165, 1.54) is 6.07 Å². The fraction of sp³-hybridized carbons (Fsp3) is 0.286. The van der Waals surface area contributed by atoms with Gasteiger partial charge in [-0.2, -0.15) is 0 Å². The molecule has 0 saturated heterocycles. The molecule has 1 aromatic carbocycles. The third-order valence-corrected chi connectivity index (χ3v) is 3.64. The first-order valence-corrected chi connectivity index (χ1v) is 6.67. The normalized spacial score (nSPS) is 14.2. The van der Waals surface area contributed by atoms with E-state index < -0.39 is 0 Å². The Kier molecular flexibility index (Phi) is 3.99. The van der Waals surface area contributed by atoms with Gasteiger partial charge in [0, 0.05) is 17.0 Å². The molecule has 18 heavy (non-hydrogen) atoms. The molecule has 1 aromatic heterocycles. The molecule has 0 bridgehead atoms. The van der Waals surface area contributed by atoms with Crippen molar-refractivity contribution in [1.82, 2.24) is 0 Å². The quantitative estimate of drug-likeness (QED) is 0.915. The molecule has 2 rings (SSSR count). The van der Waals surface area contributed by atoms with Gasteiger partial charge in [0.25, 0.3) is 0 Å². The summed E-state index contributed by atoms with van der Waals surface area (Å²) in [4.78, 5) is 1.05. The van der Waals surface area contributed by atoms with E-state index in [0.29, 0.717) is 11.3 Å². The zero-order chi connectivity index (χ0) is 13.1. The first kappa shape index (κ1) is 13.1. The van der Waals surface area contributed by atoms with Gasteiger partial charge in [0.1, 0.15) is 17.7 Å². The molecule has 1 heterocycles. The minimum atomic E-state index is -0.262. The Labute approximate surface area is 110 Å². The van der Waals surface area contributed by atoms with E-state index in [-0.39, 0.29) is 18.0 Å². The lowest BCUT2D eigenvalue weighted by molar-refractivity contribution is 0.183. The second kappa shape index (κ2) is 5.50. The van der Waals surface area contributed by atoms with Crippen molar-refractivity contribution in [3.63, 3.8) is 0 Å². The second-order valence-corrected chi connectivity index (χ2v) is 5.30. The third-order valence-electron chi connectivity index (χ3n) is 2.71. The summed E-state index contributed by atoms with van der Waals surface area (Å²) in [5.74, 6) is 0.246. The van der Waals surface area contributed by atoms with Crippen LogP contribution in [0.15, 0.2) is 35.7 Å². The highest BCUT2D eigenvalue weighted by molar-refractivity contribution is 7.10.